The molecule has 1 rings (SSSR count). The number of anilines is 1. The molecule has 0 aliphatic heterocycles. The maximum absolute atomic E-state index is 11.8. The number of benzene rings is 1. The van der Waals surface area contributed by atoms with Crippen LogP contribution in [0.25, 0.3) is 0 Å². The second-order valence-corrected chi connectivity index (χ2v) is 6.48. The van der Waals surface area contributed by atoms with E-state index in [1.807, 2.05) is 38.1 Å². The van der Waals surface area contributed by atoms with E-state index < -0.39 is 10.0 Å². The summed E-state index contributed by atoms with van der Waals surface area (Å²) in [6.45, 7) is 3.69. The fraction of sp³-hybridized carbons (Fsp3) is 0.500. The Morgan fingerprint density at radius 1 is 1.20 bits per heavy atom. The Labute approximate surface area is 120 Å². The molecule has 0 atom stereocenters. The van der Waals surface area contributed by atoms with Gasteiger partial charge in [-0.05, 0) is 24.5 Å². The van der Waals surface area contributed by atoms with Crippen LogP contribution in [0.2, 0.25) is 0 Å². The molecule has 0 saturated heterocycles. The van der Waals surface area contributed by atoms with Gasteiger partial charge in [-0.2, -0.15) is 0 Å². The standard InChI is InChI=1S/C14H22N2O3S/c1-3-5-10-20(18,19)15-11-14(17)16-13-9-7-6-8-12(13)4-2/h6-9,15H,3-5,10-11H2,1-2H3,(H,16,17). The largest absolute Gasteiger partial charge is 0.325 e. The van der Waals surface area contributed by atoms with E-state index >= 15 is 0 Å². The van der Waals surface area contributed by atoms with Gasteiger partial charge in [-0.3, -0.25) is 4.79 Å². The first-order valence-electron chi connectivity index (χ1n) is 6.83. The Hall–Kier alpha value is -1.40. The SMILES string of the molecule is CCCCS(=O)(=O)NCC(=O)Nc1ccccc1CC. The van der Waals surface area contributed by atoms with Gasteiger partial charge < -0.3 is 5.32 Å². The number of carbonyl (C=O) groups is 1. The fourth-order valence-electron chi connectivity index (χ4n) is 1.73. The number of hydrogen-bond donors (Lipinski definition) is 2. The molecule has 5 nitrogen and oxygen atoms in total. The van der Waals surface area contributed by atoms with Crippen LogP contribution in [0.5, 0.6) is 0 Å². The Morgan fingerprint density at radius 2 is 1.90 bits per heavy atom. The highest BCUT2D eigenvalue weighted by Crippen LogP contribution is 2.14. The summed E-state index contributed by atoms with van der Waals surface area (Å²) in [4.78, 5) is 11.8. The summed E-state index contributed by atoms with van der Waals surface area (Å²) in [5, 5.41) is 2.72. The van der Waals surface area contributed by atoms with Crippen LogP contribution in [0.1, 0.15) is 32.3 Å². The molecule has 0 fully saturated rings. The molecule has 0 aromatic heterocycles. The molecule has 1 amide bonds. The van der Waals surface area contributed by atoms with Gasteiger partial charge >= 0.3 is 0 Å². The lowest BCUT2D eigenvalue weighted by atomic mass is 10.1. The van der Waals surface area contributed by atoms with Crippen LogP contribution >= 0.6 is 0 Å². The van der Waals surface area contributed by atoms with Crippen molar-refractivity contribution < 1.29 is 13.2 Å². The van der Waals surface area contributed by atoms with E-state index in [9.17, 15) is 13.2 Å². The van der Waals surface area contributed by atoms with Crippen molar-refractivity contribution >= 4 is 21.6 Å². The summed E-state index contributed by atoms with van der Waals surface area (Å²) in [6, 6.07) is 7.48. The predicted octanol–water partition coefficient (Wildman–Crippen LogP) is 1.91. The van der Waals surface area contributed by atoms with Crippen molar-refractivity contribution in [2.45, 2.75) is 33.1 Å². The number of aryl methyl sites for hydroxylation is 1. The predicted molar refractivity (Wildman–Crippen MR) is 81.1 cm³/mol. The smallest absolute Gasteiger partial charge is 0.239 e. The average Bonchev–Trinajstić information content (AvgIpc) is 2.44. The molecule has 0 unspecified atom stereocenters. The minimum Gasteiger partial charge on any atom is -0.325 e. The van der Waals surface area contributed by atoms with Gasteiger partial charge in [0.1, 0.15) is 0 Å². The van der Waals surface area contributed by atoms with E-state index in [-0.39, 0.29) is 18.2 Å². The molecule has 2 N–H and O–H groups in total. The van der Waals surface area contributed by atoms with Crippen LogP contribution in [0.4, 0.5) is 5.69 Å². The number of unbranched alkanes of at least 4 members (excludes halogenated alkanes) is 1. The van der Waals surface area contributed by atoms with Gasteiger partial charge in [-0.25, -0.2) is 13.1 Å². The maximum Gasteiger partial charge on any atom is 0.239 e. The van der Waals surface area contributed by atoms with E-state index in [1.165, 1.54) is 0 Å². The zero-order valence-electron chi connectivity index (χ0n) is 12.0. The lowest BCUT2D eigenvalue weighted by Gasteiger charge is -2.10. The number of amides is 1. The quantitative estimate of drug-likeness (QED) is 0.770. The first-order chi connectivity index (χ1) is 9.48. The van der Waals surface area contributed by atoms with Crippen LogP contribution in [0.15, 0.2) is 24.3 Å². The first kappa shape index (κ1) is 16.7. The zero-order valence-corrected chi connectivity index (χ0v) is 12.8. The van der Waals surface area contributed by atoms with Crippen LogP contribution in [0, 0.1) is 0 Å². The molecule has 0 aliphatic rings. The molecular weight excluding hydrogens is 276 g/mol. The van der Waals surface area contributed by atoms with Crippen molar-refractivity contribution in [1.29, 1.82) is 0 Å². The Morgan fingerprint density at radius 3 is 2.55 bits per heavy atom. The van der Waals surface area contributed by atoms with E-state index in [4.69, 9.17) is 0 Å². The molecule has 6 heteroatoms. The lowest BCUT2D eigenvalue weighted by Crippen LogP contribution is -2.34. The first-order valence-corrected chi connectivity index (χ1v) is 8.48. The number of rotatable bonds is 8. The molecule has 0 heterocycles. The van der Waals surface area contributed by atoms with Gasteiger partial charge in [0.25, 0.3) is 0 Å². The van der Waals surface area contributed by atoms with Crippen LogP contribution in [-0.4, -0.2) is 26.6 Å². The minimum atomic E-state index is -3.36. The third kappa shape index (κ3) is 5.71. The molecule has 0 aliphatic carbocycles. The number of carbonyl (C=O) groups excluding carboxylic acids is 1. The third-order valence-corrected chi connectivity index (χ3v) is 4.30. The molecule has 112 valence electrons. The Kier molecular flexibility index (Phi) is 6.67. The highest BCUT2D eigenvalue weighted by molar-refractivity contribution is 7.89. The van der Waals surface area contributed by atoms with Gasteiger partial charge in [0, 0.05) is 5.69 Å². The summed E-state index contributed by atoms with van der Waals surface area (Å²) in [6.07, 6.45) is 2.20. The maximum atomic E-state index is 11.8. The van der Waals surface area contributed by atoms with Gasteiger partial charge in [0.05, 0.1) is 12.3 Å². The van der Waals surface area contributed by atoms with E-state index in [0.717, 1.165) is 24.1 Å². The highest BCUT2D eigenvalue weighted by atomic mass is 32.2. The fourth-order valence-corrected chi connectivity index (χ4v) is 2.89. The second-order valence-electron chi connectivity index (χ2n) is 4.55. The van der Waals surface area contributed by atoms with Crippen molar-refractivity contribution in [2.24, 2.45) is 0 Å². The minimum absolute atomic E-state index is 0.0579. The summed E-state index contributed by atoms with van der Waals surface area (Å²) < 4.78 is 25.5. The summed E-state index contributed by atoms with van der Waals surface area (Å²) >= 11 is 0. The highest BCUT2D eigenvalue weighted by Gasteiger charge is 2.12. The molecule has 1 aromatic rings. The molecule has 0 bridgehead atoms. The Bertz CT molecular complexity index is 541. The zero-order chi connectivity index (χ0) is 15.0. The second kappa shape index (κ2) is 8.01. The third-order valence-electron chi connectivity index (χ3n) is 2.89. The van der Waals surface area contributed by atoms with Crippen molar-refractivity contribution in [3.63, 3.8) is 0 Å². The van der Waals surface area contributed by atoms with Gasteiger partial charge in [0.2, 0.25) is 15.9 Å². The van der Waals surface area contributed by atoms with Crippen molar-refractivity contribution in [3.8, 4) is 0 Å². The molecule has 20 heavy (non-hydrogen) atoms. The number of para-hydroxylation sites is 1. The summed E-state index contributed by atoms with van der Waals surface area (Å²) in [5.41, 5.74) is 1.75. The number of nitrogens with one attached hydrogen (secondary N) is 2. The topological polar surface area (TPSA) is 75.3 Å². The van der Waals surface area contributed by atoms with Crippen LogP contribution in [-0.2, 0) is 21.2 Å². The van der Waals surface area contributed by atoms with Gasteiger partial charge in [-0.1, -0.05) is 38.5 Å². The molecule has 0 radical (unpaired) electrons. The average molecular weight is 298 g/mol. The number of hydrogen-bond acceptors (Lipinski definition) is 3. The van der Waals surface area contributed by atoms with E-state index in [0.29, 0.717) is 6.42 Å². The van der Waals surface area contributed by atoms with E-state index in [1.54, 1.807) is 0 Å². The normalized spacial score (nSPS) is 11.3. The van der Waals surface area contributed by atoms with Crippen molar-refractivity contribution in [1.82, 2.24) is 4.72 Å². The van der Waals surface area contributed by atoms with Crippen molar-refractivity contribution in [3.05, 3.63) is 29.8 Å². The summed E-state index contributed by atoms with van der Waals surface area (Å²) in [5.74, 6) is -0.298. The number of sulfonamides is 1. The van der Waals surface area contributed by atoms with Crippen LogP contribution in [0.3, 0.4) is 0 Å². The monoisotopic (exact) mass is 298 g/mol. The molecule has 0 saturated carbocycles. The Balaban J connectivity index is 2.52. The summed E-state index contributed by atoms with van der Waals surface area (Å²) in [7, 11) is -3.36. The van der Waals surface area contributed by atoms with Gasteiger partial charge in [0.15, 0.2) is 0 Å². The van der Waals surface area contributed by atoms with Gasteiger partial charge in [-0.15, -0.1) is 0 Å². The van der Waals surface area contributed by atoms with Crippen LogP contribution < -0.4 is 10.0 Å². The molecule has 1 aromatic carbocycles. The van der Waals surface area contributed by atoms with E-state index in [2.05, 4.69) is 10.0 Å². The van der Waals surface area contributed by atoms with Crippen molar-refractivity contribution in [2.75, 3.05) is 17.6 Å². The molecule has 0 spiro atoms. The molecular formula is C14H22N2O3S. The lowest BCUT2D eigenvalue weighted by molar-refractivity contribution is -0.115.